The predicted octanol–water partition coefficient (Wildman–Crippen LogP) is 3.37. The highest BCUT2D eigenvalue weighted by Gasteiger charge is 2.21. The first-order chi connectivity index (χ1) is 11.6. The maximum absolute atomic E-state index is 12.9. The Morgan fingerprint density at radius 3 is 2.12 bits per heavy atom. The highest BCUT2D eigenvalue weighted by atomic mass is 35.5. The fourth-order valence-electron chi connectivity index (χ4n) is 2.89. The average molecular weight is 347 g/mol. The van der Waals surface area contributed by atoms with Crippen LogP contribution < -0.4 is 0 Å². The van der Waals surface area contributed by atoms with E-state index >= 15 is 0 Å². The van der Waals surface area contributed by atoms with Crippen molar-refractivity contribution in [1.82, 2.24) is 9.80 Å². The number of carbonyl (C=O) groups is 1. The van der Waals surface area contributed by atoms with Crippen molar-refractivity contribution in [2.24, 2.45) is 0 Å². The summed E-state index contributed by atoms with van der Waals surface area (Å²) in [6, 6.07) is 14.0. The van der Waals surface area contributed by atoms with Gasteiger partial charge in [0.05, 0.1) is 6.42 Å². The number of nitrogens with zero attached hydrogens (tertiary/aromatic N) is 2. The Balaban J connectivity index is 1.48. The number of amides is 1. The Kier molecular flexibility index (Phi) is 5.48. The van der Waals surface area contributed by atoms with Crippen LogP contribution in [0.1, 0.15) is 11.1 Å². The lowest BCUT2D eigenvalue weighted by Crippen LogP contribution is -2.48. The summed E-state index contributed by atoms with van der Waals surface area (Å²) in [7, 11) is 0. The lowest BCUT2D eigenvalue weighted by Gasteiger charge is -2.34. The summed E-state index contributed by atoms with van der Waals surface area (Å²) >= 11 is 5.90. The molecule has 1 fully saturated rings. The van der Waals surface area contributed by atoms with Gasteiger partial charge in [0.1, 0.15) is 5.82 Å². The van der Waals surface area contributed by atoms with E-state index in [0.29, 0.717) is 6.42 Å². The van der Waals surface area contributed by atoms with Crippen LogP contribution in [0.15, 0.2) is 48.5 Å². The maximum Gasteiger partial charge on any atom is 0.227 e. The molecule has 126 valence electrons. The van der Waals surface area contributed by atoms with Gasteiger partial charge in [-0.25, -0.2) is 4.39 Å². The van der Waals surface area contributed by atoms with E-state index in [0.717, 1.165) is 43.3 Å². The first-order valence-electron chi connectivity index (χ1n) is 8.09. The monoisotopic (exact) mass is 346 g/mol. The van der Waals surface area contributed by atoms with E-state index in [1.807, 2.05) is 29.2 Å². The van der Waals surface area contributed by atoms with Crippen LogP contribution in [0.25, 0.3) is 0 Å². The Bertz CT molecular complexity index is 680. The second-order valence-corrected chi connectivity index (χ2v) is 6.52. The van der Waals surface area contributed by atoms with Crippen LogP contribution in [0.5, 0.6) is 0 Å². The summed E-state index contributed by atoms with van der Waals surface area (Å²) in [5, 5.41) is 0.745. The second-order valence-electron chi connectivity index (χ2n) is 6.09. The lowest BCUT2D eigenvalue weighted by molar-refractivity contribution is -0.132. The van der Waals surface area contributed by atoms with Gasteiger partial charge in [-0.2, -0.15) is 0 Å². The molecule has 0 atom stereocenters. The van der Waals surface area contributed by atoms with Crippen LogP contribution in [0.3, 0.4) is 0 Å². The SMILES string of the molecule is O=C(Cc1ccc(F)cc1)N1CCN(Cc2ccc(Cl)cc2)CC1. The molecule has 3 nitrogen and oxygen atoms in total. The molecule has 0 N–H and O–H groups in total. The van der Waals surface area contributed by atoms with Crippen molar-refractivity contribution in [2.45, 2.75) is 13.0 Å². The fraction of sp³-hybridized carbons (Fsp3) is 0.316. The van der Waals surface area contributed by atoms with Gasteiger partial charge in [-0.05, 0) is 35.4 Å². The third-order valence-electron chi connectivity index (χ3n) is 4.31. The summed E-state index contributed by atoms with van der Waals surface area (Å²) in [5.41, 5.74) is 2.08. The minimum atomic E-state index is -0.276. The van der Waals surface area contributed by atoms with Gasteiger partial charge in [0.2, 0.25) is 5.91 Å². The minimum Gasteiger partial charge on any atom is -0.340 e. The molecular formula is C19H20ClFN2O. The van der Waals surface area contributed by atoms with Crippen LogP contribution in [0, 0.1) is 5.82 Å². The average Bonchev–Trinajstić information content (AvgIpc) is 2.59. The summed E-state index contributed by atoms with van der Waals surface area (Å²) in [5.74, 6) is -0.172. The smallest absolute Gasteiger partial charge is 0.227 e. The van der Waals surface area contributed by atoms with E-state index in [1.54, 1.807) is 12.1 Å². The third-order valence-corrected chi connectivity index (χ3v) is 4.57. The van der Waals surface area contributed by atoms with Gasteiger partial charge in [-0.1, -0.05) is 35.9 Å². The Morgan fingerprint density at radius 2 is 1.50 bits per heavy atom. The zero-order valence-corrected chi connectivity index (χ0v) is 14.2. The van der Waals surface area contributed by atoms with Crippen LogP contribution in [0.2, 0.25) is 5.02 Å². The first kappa shape index (κ1) is 16.9. The van der Waals surface area contributed by atoms with E-state index in [-0.39, 0.29) is 11.7 Å². The molecule has 0 bridgehead atoms. The Labute approximate surface area is 146 Å². The number of halogens is 2. The van der Waals surface area contributed by atoms with Crippen LogP contribution in [-0.2, 0) is 17.8 Å². The van der Waals surface area contributed by atoms with Crippen molar-refractivity contribution in [3.05, 3.63) is 70.5 Å². The van der Waals surface area contributed by atoms with E-state index in [1.165, 1.54) is 17.7 Å². The molecule has 24 heavy (non-hydrogen) atoms. The molecular weight excluding hydrogens is 327 g/mol. The highest BCUT2D eigenvalue weighted by Crippen LogP contribution is 2.13. The van der Waals surface area contributed by atoms with Gasteiger partial charge < -0.3 is 4.90 Å². The fourth-order valence-corrected chi connectivity index (χ4v) is 3.02. The minimum absolute atomic E-state index is 0.104. The van der Waals surface area contributed by atoms with Crippen molar-refractivity contribution >= 4 is 17.5 Å². The van der Waals surface area contributed by atoms with Gasteiger partial charge in [0.15, 0.2) is 0 Å². The molecule has 0 spiro atoms. The summed E-state index contributed by atoms with van der Waals surface area (Å²) < 4.78 is 12.9. The van der Waals surface area contributed by atoms with Crippen molar-refractivity contribution < 1.29 is 9.18 Å². The molecule has 0 aliphatic carbocycles. The Hall–Kier alpha value is -1.91. The van der Waals surface area contributed by atoms with E-state index < -0.39 is 0 Å². The number of piperazine rings is 1. The molecule has 1 saturated heterocycles. The van der Waals surface area contributed by atoms with Gasteiger partial charge >= 0.3 is 0 Å². The molecule has 0 radical (unpaired) electrons. The summed E-state index contributed by atoms with van der Waals surface area (Å²) in [4.78, 5) is 16.6. The molecule has 2 aromatic carbocycles. The van der Waals surface area contributed by atoms with Crippen molar-refractivity contribution in [3.63, 3.8) is 0 Å². The molecule has 1 amide bonds. The van der Waals surface area contributed by atoms with Gasteiger partial charge in [-0.15, -0.1) is 0 Å². The number of hydrogen-bond donors (Lipinski definition) is 0. The molecule has 1 heterocycles. The lowest BCUT2D eigenvalue weighted by atomic mass is 10.1. The first-order valence-corrected chi connectivity index (χ1v) is 8.47. The quantitative estimate of drug-likeness (QED) is 0.847. The molecule has 0 unspecified atom stereocenters. The number of carbonyl (C=O) groups excluding carboxylic acids is 1. The van der Waals surface area contributed by atoms with Crippen molar-refractivity contribution in [3.8, 4) is 0 Å². The summed E-state index contributed by atoms with van der Waals surface area (Å²) in [6.07, 6.45) is 0.331. The number of benzene rings is 2. The number of rotatable bonds is 4. The molecule has 2 aromatic rings. The van der Waals surface area contributed by atoms with Crippen LogP contribution >= 0.6 is 11.6 Å². The maximum atomic E-state index is 12.9. The Morgan fingerprint density at radius 1 is 0.917 bits per heavy atom. The van der Waals surface area contributed by atoms with Gasteiger partial charge in [0.25, 0.3) is 0 Å². The molecule has 5 heteroatoms. The van der Waals surface area contributed by atoms with Crippen LogP contribution in [-0.4, -0.2) is 41.9 Å². The summed E-state index contributed by atoms with van der Waals surface area (Å²) in [6.45, 7) is 4.05. The largest absolute Gasteiger partial charge is 0.340 e. The van der Waals surface area contributed by atoms with E-state index in [2.05, 4.69) is 4.90 Å². The second kappa shape index (κ2) is 7.77. The number of hydrogen-bond acceptors (Lipinski definition) is 2. The molecule has 1 aliphatic rings. The van der Waals surface area contributed by atoms with Crippen molar-refractivity contribution in [1.29, 1.82) is 0 Å². The predicted molar refractivity (Wildman–Crippen MR) is 93.4 cm³/mol. The molecule has 1 aliphatic heterocycles. The standard InChI is InChI=1S/C19H20ClFN2O/c20-17-5-1-16(2-6-17)14-22-9-11-23(12-10-22)19(24)13-15-3-7-18(21)8-4-15/h1-8H,9-14H2. The zero-order chi connectivity index (χ0) is 16.9. The zero-order valence-electron chi connectivity index (χ0n) is 13.4. The molecule has 0 aromatic heterocycles. The molecule has 0 saturated carbocycles. The third kappa shape index (κ3) is 4.56. The van der Waals surface area contributed by atoms with E-state index in [4.69, 9.17) is 11.6 Å². The van der Waals surface area contributed by atoms with Crippen LogP contribution in [0.4, 0.5) is 4.39 Å². The topological polar surface area (TPSA) is 23.6 Å². The normalized spacial score (nSPS) is 15.5. The van der Waals surface area contributed by atoms with E-state index in [9.17, 15) is 9.18 Å². The highest BCUT2D eigenvalue weighted by molar-refractivity contribution is 6.30. The molecule has 3 rings (SSSR count). The van der Waals surface area contributed by atoms with Crippen molar-refractivity contribution in [2.75, 3.05) is 26.2 Å². The van der Waals surface area contributed by atoms with Gasteiger partial charge in [0, 0.05) is 37.7 Å². The van der Waals surface area contributed by atoms with Gasteiger partial charge in [-0.3, -0.25) is 9.69 Å².